The fourth-order valence-electron chi connectivity index (χ4n) is 4.98. The van der Waals surface area contributed by atoms with Gasteiger partial charge in [-0.25, -0.2) is 0 Å². The van der Waals surface area contributed by atoms with E-state index in [1.807, 2.05) is 12.1 Å². The zero-order chi connectivity index (χ0) is 24.5. The van der Waals surface area contributed by atoms with Gasteiger partial charge in [0.2, 0.25) is 0 Å². The van der Waals surface area contributed by atoms with Crippen molar-refractivity contribution in [1.82, 2.24) is 4.90 Å². The highest BCUT2D eigenvalue weighted by molar-refractivity contribution is 5.69. The minimum absolute atomic E-state index is 0.0763. The average Bonchev–Trinajstić information content (AvgIpc) is 2.60. The lowest BCUT2D eigenvalue weighted by Crippen LogP contribution is -2.59. The standard InChI is InChI=1S/C28H46NO3/c1-25(2,3)21-18-20(19-22(24(21)31)26(4,5)6)12-13-23(30)32-17-16-29-27(7,8)14-11-15-28(29,9)10/h11,18-19,31H,12-17H2,1-10H3. The topological polar surface area (TPSA) is 49.8 Å². The molecule has 0 aromatic heterocycles. The van der Waals surface area contributed by atoms with Crippen LogP contribution < -0.4 is 0 Å². The van der Waals surface area contributed by atoms with E-state index in [0.717, 1.165) is 36.1 Å². The van der Waals surface area contributed by atoms with Gasteiger partial charge in [0.1, 0.15) is 12.4 Å². The lowest BCUT2D eigenvalue weighted by molar-refractivity contribution is -0.145. The Hall–Kier alpha value is -1.55. The summed E-state index contributed by atoms with van der Waals surface area (Å²) in [5, 5.41) is 10.9. The van der Waals surface area contributed by atoms with Crippen LogP contribution >= 0.6 is 0 Å². The van der Waals surface area contributed by atoms with Crippen molar-refractivity contribution < 1.29 is 14.6 Å². The van der Waals surface area contributed by atoms with Gasteiger partial charge in [0.05, 0.1) is 0 Å². The Bertz CT molecular complexity index is 758. The van der Waals surface area contributed by atoms with Gasteiger partial charge in [-0.15, -0.1) is 0 Å². The van der Waals surface area contributed by atoms with Crippen molar-refractivity contribution in [3.05, 3.63) is 35.2 Å². The lowest BCUT2D eigenvalue weighted by Gasteiger charge is -2.52. The minimum atomic E-state index is -0.175. The zero-order valence-corrected chi connectivity index (χ0v) is 22.2. The van der Waals surface area contributed by atoms with Gasteiger partial charge in [-0.2, -0.15) is 0 Å². The number of phenols is 1. The summed E-state index contributed by atoms with van der Waals surface area (Å²) in [4.78, 5) is 15.0. The number of rotatable bonds is 6. The zero-order valence-electron chi connectivity index (χ0n) is 22.2. The van der Waals surface area contributed by atoms with E-state index in [1.54, 1.807) is 0 Å². The van der Waals surface area contributed by atoms with Crippen LogP contribution in [-0.4, -0.2) is 40.2 Å². The van der Waals surface area contributed by atoms with Crippen LogP contribution in [0.1, 0.15) is 105 Å². The third-order valence-electron chi connectivity index (χ3n) is 6.73. The van der Waals surface area contributed by atoms with Crippen LogP contribution in [0, 0.1) is 6.42 Å². The second-order valence-corrected chi connectivity index (χ2v) is 12.7. The Morgan fingerprint density at radius 2 is 1.44 bits per heavy atom. The van der Waals surface area contributed by atoms with Crippen molar-refractivity contribution >= 4 is 5.97 Å². The lowest BCUT2D eigenvalue weighted by atomic mass is 9.78. The molecule has 1 aromatic rings. The molecule has 0 saturated carbocycles. The van der Waals surface area contributed by atoms with Gasteiger partial charge in [0.15, 0.2) is 0 Å². The Balaban J connectivity index is 2.02. The maximum Gasteiger partial charge on any atom is 0.306 e. The summed E-state index contributed by atoms with van der Waals surface area (Å²) in [6.07, 6.45) is 5.44. The number of carbonyl (C=O) groups is 1. The number of nitrogens with zero attached hydrogens (tertiary/aromatic N) is 1. The van der Waals surface area contributed by atoms with Gasteiger partial charge >= 0.3 is 5.97 Å². The van der Waals surface area contributed by atoms with Crippen molar-refractivity contribution in [3.8, 4) is 5.75 Å². The molecule has 4 heteroatoms. The van der Waals surface area contributed by atoms with E-state index in [-0.39, 0.29) is 27.9 Å². The Morgan fingerprint density at radius 1 is 0.969 bits per heavy atom. The van der Waals surface area contributed by atoms with Crippen molar-refractivity contribution in [2.45, 2.75) is 117 Å². The number of aryl methyl sites for hydroxylation is 1. The predicted octanol–water partition coefficient (Wildman–Crippen LogP) is 6.32. The molecule has 1 saturated heterocycles. The normalized spacial score (nSPS) is 19.1. The molecule has 32 heavy (non-hydrogen) atoms. The molecular weight excluding hydrogens is 398 g/mol. The van der Waals surface area contributed by atoms with E-state index in [4.69, 9.17) is 4.74 Å². The van der Waals surface area contributed by atoms with Crippen LogP contribution in [0.4, 0.5) is 0 Å². The maximum absolute atomic E-state index is 12.5. The number of hydrogen-bond donors (Lipinski definition) is 1. The molecule has 1 aliphatic heterocycles. The summed E-state index contributed by atoms with van der Waals surface area (Å²) >= 11 is 0. The summed E-state index contributed by atoms with van der Waals surface area (Å²) in [6.45, 7) is 22.8. The summed E-state index contributed by atoms with van der Waals surface area (Å²) in [7, 11) is 0. The first-order chi connectivity index (χ1) is 14.4. The SMILES string of the molecule is CC(C)(C)c1cc(CCC(=O)OCCN2C(C)(C)C[CH]CC2(C)C)cc(C(C)(C)C)c1O. The van der Waals surface area contributed by atoms with Gasteiger partial charge in [0.25, 0.3) is 0 Å². The molecule has 0 amide bonds. The summed E-state index contributed by atoms with van der Waals surface area (Å²) in [5.74, 6) is 0.215. The predicted molar refractivity (Wildman–Crippen MR) is 133 cm³/mol. The minimum Gasteiger partial charge on any atom is -0.507 e. The number of esters is 1. The number of phenolic OH excluding ortho intramolecular Hbond substituents is 1. The smallest absolute Gasteiger partial charge is 0.306 e. The second kappa shape index (κ2) is 9.37. The van der Waals surface area contributed by atoms with Gasteiger partial charge < -0.3 is 9.84 Å². The van der Waals surface area contributed by atoms with E-state index in [0.29, 0.717) is 25.2 Å². The van der Waals surface area contributed by atoms with Crippen LogP contribution in [-0.2, 0) is 26.8 Å². The molecule has 0 spiro atoms. The molecular formula is C28H46NO3. The van der Waals surface area contributed by atoms with Gasteiger partial charge in [-0.3, -0.25) is 9.69 Å². The number of piperidine rings is 1. The van der Waals surface area contributed by atoms with Crippen LogP contribution in [0.2, 0.25) is 0 Å². The molecule has 1 fully saturated rings. The number of likely N-dealkylation sites (tertiary alicyclic amines) is 1. The van der Waals surface area contributed by atoms with Crippen LogP contribution in [0.3, 0.4) is 0 Å². The fourth-order valence-corrected chi connectivity index (χ4v) is 4.98. The van der Waals surface area contributed by atoms with Crippen molar-refractivity contribution in [3.63, 3.8) is 0 Å². The highest BCUT2D eigenvalue weighted by atomic mass is 16.5. The largest absolute Gasteiger partial charge is 0.507 e. The number of benzene rings is 1. The van der Waals surface area contributed by atoms with E-state index >= 15 is 0 Å². The van der Waals surface area contributed by atoms with Crippen LogP contribution in [0.25, 0.3) is 0 Å². The molecule has 0 unspecified atom stereocenters. The molecule has 1 N–H and O–H groups in total. The molecule has 1 aliphatic rings. The number of aromatic hydroxyl groups is 1. The first-order valence-corrected chi connectivity index (χ1v) is 12.1. The van der Waals surface area contributed by atoms with Gasteiger partial charge in [-0.05, 0) is 80.9 Å². The second-order valence-electron chi connectivity index (χ2n) is 12.7. The quantitative estimate of drug-likeness (QED) is 0.522. The monoisotopic (exact) mass is 444 g/mol. The molecule has 1 aromatic carbocycles. The van der Waals surface area contributed by atoms with Crippen molar-refractivity contribution in [2.24, 2.45) is 0 Å². The number of carbonyl (C=O) groups excluding carboxylic acids is 1. The van der Waals surface area contributed by atoms with Crippen molar-refractivity contribution in [1.29, 1.82) is 0 Å². The molecule has 0 atom stereocenters. The summed E-state index contributed by atoms with van der Waals surface area (Å²) in [6, 6.07) is 4.10. The van der Waals surface area contributed by atoms with Crippen molar-refractivity contribution in [2.75, 3.05) is 13.2 Å². The molecule has 1 heterocycles. The third-order valence-corrected chi connectivity index (χ3v) is 6.73. The summed E-state index contributed by atoms with van der Waals surface area (Å²) < 4.78 is 5.63. The molecule has 0 bridgehead atoms. The Kier molecular flexibility index (Phi) is 7.81. The first kappa shape index (κ1) is 26.7. The molecule has 2 rings (SSSR count). The van der Waals surface area contributed by atoms with Crippen LogP contribution in [0.5, 0.6) is 5.75 Å². The van der Waals surface area contributed by atoms with E-state index < -0.39 is 0 Å². The molecule has 0 aliphatic carbocycles. The molecule has 4 nitrogen and oxygen atoms in total. The van der Waals surface area contributed by atoms with E-state index in [1.165, 1.54) is 0 Å². The highest BCUT2D eigenvalue weighted by Crippen LogP contribution is 2.40. The highest BCUT2D eigenvalue weighted by Gasteiger charge is 2.40. The maximum atomic E-state index is 12.5. The average molecular weight is 445 g/mol. The first-order valence-electron chi connectivity index (χ1n) is 12.1. The molecule has 1 radical (unpaired) electrons. The van der Waals surface area contributed by atoms with Gasteiger partial charge in [-0.1, -0.05) is 53.7 Å². The molecule has 181 valence electrons. The Morgan fingerprint density at radius 3 is 1.88 bits per heavy atom. The van der Waals surface area contributed by atoms with Crippen LogP contribution in [0.15, 0.2) is 12.1 Å². The van der Waals surface area contributed by atoms with E-state index in [9.17, 15) is 9.90 Å². The van der Waals surface area contributed by atoms with Gasteiger partial charge in [0, 0.05) is 24.0 Å². The van der Waals surface area contributed by atoms with E-state index in [2.05, 4.69) is 80.6 Å². The third kappa shape index (κ3) is 6.50. The number of hydrogen-bond acceptors (Lipinski definition) is 4. The Labute approximate surface area is 196 Å². The fraction of sp³-hybridized carbons (Fsp3) is 0.714. The summed E-state index contributed by atoms with van der Waals surface area (Å²) in [5.41, 5.74) is 2.74. The number of ether oxygens (including phenoxy) is 1.